The highest BCUT2D eigenvalue weighted by atomic mass is 79.9. The van der Waals surface area contributed by atoms with Crippen LogP contribution < -0.4 is 10.1 Å². The minimum Gasteiger partial charge on any atom is -0.495 e. The summed E-state index contributed by atoms with van der Waals surface area (Å²) in [6.45, 7) is 0. The van der Waals surface area contributed by atoms with Gasteiger partial charge in [0, 0.05) is 15.4 Å². The van der Waals surface area contributed by atoms with E-state index in [1.54, 1.807) is 7.11 Å². The fraction of sp³-hybridized carbons (Fsp3) is 0.111. The van der Waals surface area contributed by atoms with Gasteiger partial charge in [0.15, 0.2) is 4.34 Å². The van der Waals surface area contributed by atoms with Crippen LogP contribution in [0, 0.1) is 0 Å². The lowest BCUT2D eigenvalue weighted by Gasteiger charge is -2.09. The van der Waals surface area contributed by atoms with Crippen molar-refractivity contribution in [3.63, 3.8) is 0 Å². The van der Waals surface area contributed by atoms with E-state index in [1.807, 2.05) is 53.9 Å². The lowest BCUT2D eigenvalue weighted by atomic mass is 10.2. The fourth-order valence-corrected chi connectivity index (χ4v) is 4.04. The summed E-state index contributed by atoms with van der Waals surface area (Å²) in [4.78, 5) is 16.7. The molecule has 0 radical (unpaired) electrons. The van der Waals surface area contributed by atoms with Crippen molar-refractivity contribution in [1.29, 1.82) is 0 Å². The maximum Gasteiger partial charge on any atom is 0.234 e. The Hall–Kier alpha value is -1.83. The summed E-state index contributed by atoms with van der Waals surface area (Å²) < 4.78 is 7.14. The molecule has 0 atom stereocenters. The van der Waals surface area contributed by atoms with Crippen molar-refractivity contribution in [3.8, 4) is 17.0 Å². The van der Waals surface area contributed by atoms with Gasteiger partial charge in [0.2, 0.25) is 5.91 Å². The smallest absolute Gasteiger partial charge is 0.234 e. The second-order valence-electron chi connectivity index (χ2n) is 5.04. The number of methoxy groups -OCH3 is 1. The molecule has 0 saturated carbocycles. The van der Waals surface area contributed by atoms with E-state index in [2.05, 4.69) is 26.2 Å². The molecule has 3 rings (SSSR count). The quantitative estimate of drug-likeness (QED) is 0.533. The number of thioether (sulfide) groups is 1. The van der Waals surface area contributed by atoms with Crippen molar-refractivity contribution in [3.05, 3.63) is 58.4 Å². The first kappa shape index (κ1) is 18.0. The first-order valence-corrected chi connectivity index (χ1v) is 10.1. The monoisotopic (exact) mass is 434 g/mol. The molecule has 0 fully saturated rings. The summed E-state index contributed by atoms with van der Waals surface area (Å²) in [5, 5.41) is 4.87. The van der Waals surface area contributed by atoms with Crippen LogP contribution in [0.25, 0.3) is 11.3 Å². The number of carbonyl (C=O) groups excluding carboxylic acids is 1. The van der Waals surface area contributed by atoms with Gasteiger partial charge in [-0.05, 0) is 24.3 Å². The summed E-state index contributed by atoms with van der Waals surface area (Å²) in [6.07, 6.45) is 0. The Balaban J connectivity index is 1.58. The van der Waals surface area contributed by atoms with E-state index >= 15 is 0 Å². The highest BCUT2D eigenvalue weighted by Crippen LogP contribution is 2.29. The molecule has 0 bridgehead atoms. The molecule has 1 aromatic heterocycles. The second kappa shape index (κ2) is 8.51. The number of ether oxygens (including phenoxy) is 1. The Labute approximate surface area is 162 Å². The topological polar surface area (TPSA) is 51.2 Å². The zero-order valence-electron chi connectivity index (χ0n) is 13.4. The molecule has 0 spiro atoms. The summed E-state index contributed by atoms with van der Waals surface area (Å²) in [5.74, 6) is 0.855. The standard InChI is InChI=1S/C18H15BrN2O2S2/c1-23-16-5-3-2-4-14(16)20-17(22)11-25-18-21-15(10-24-18)12-6-8-13(19)9-7-12/h2-10H,11H2,1H3,(H,20,22). The van der Waals surface area contributed by atoms with Crippen molar-refractivity contribution in [2.75, 3.05) is 18.2 Å². The van der Waals surface area contributed by atoms with E-state index in [0.717, 1.165) is 20.1 Å². The third-order valence-corrected chi connectivity index (χ3v) is 5.88. The van der Waals surface area contributed by atoms with E-state index in [1.165, 1.54) is 23.1 Å². The molecular formula is C18H15BrN2O2S2. The summed E-state index contributed by atoms with van der Waals surface area (Å²) in [5.41, 5.74) is 2.65. The lowest BCUT2D eigenvalue weighted by molar-refractivity contribution is -0.113. The Kier molecular flexibility index (Phi) is 6.12. The van der Waals surface area contributed by atoms with Gasteiger partial charge in [0.25, 0.3) is 0 Å². The molecule has 4 nitrogen and oxygen atoms in total. The van der Waals surface area contributed by atoms with E-state index in [4.69, 9.17) is 4.74 Å². The number of nitrogens with one attached hydrogen (secondary N) is 1. The van der Waals surface area contributed by atoms with Gasteiger partial charge in [-0.25, -0.2) is 4.98 Å². The number of anilines is 1. The van der Waals surface area contributed by atoms with E-state index in [9.17, 15) is 4.79 Å². The van der Waals surface area contributed by atoms with Crippen LogP contribution in [-0.4, -0.2) is 23.8 Å². The minimum absolute atomic E-state index is 0.0881. The number of aromatic nitrogens is 1. The molecular weight excluding hydrogens is 420 g/mol. The molecule has 0 aliphatic heterocycles. The van der Waals surface area contributed by atoms with Crippen LogP contribution in [0.5, 0.6) is 5.75 Å². The van der Waals surface area contributed by atoms with E-state index in [0.29, 0.717) is 17.2 Å². The number of rotatable bonds is 6. The molecule has 25 heavy (non-hydrogen) atoms. The van der Waals surface area contributed by atoms with Gasteiger partial charge in [-0.1, -0.05) is 52.0 Å². The highest BCUT2D eigenvalue weighted by Gasteiger charge is 2.10. The van der Waals surface area contributed by atoms with Gasteiger partial charge >= 0.3 is 0 Å². The Morgan fingerprint density at radius 1 is 1.24 bits per heavy atom. The highest BCUT2D eigenvalue weighted by molar-refractivity contribution is 9.10. The summed E-state index contributed by atoms with van der Waals surface area (Å²) in [6, 6.07) is 15.4. The third-order valence-electron chi connectivity index (χ3n) is 3.33. The second-order valence-corrected chi connectivity index (χ2v) is 8.04. The van der Waals surface area contributed by atoms with Crippen LogP contribution in [0.1, 0.15) is 0 Å². The molecule has 128 valence electrons. The molecule has 0 aliphatic rings. The number of amides is 1. The Bertz CT molecular complexity index is 866. The van der Waals surface area contributed by atoms with Crippen molar-refractivity contribution < 1.29 is 9.53 Å². The minimum atomic E-state index is -0.0881. The maximum atomic E-state index is 12.2. The number of carbonyl (C=O) groups is 1. The van der Waals surface area contributed by atoms with Crippen LogP contribution in [0.2, 0.25) is 0 Å². The third kappa shape index (κ3) is 4.84. The maximum absolute atomic E-state index is 12.2. The first-order chi connectivity index (χ1) is 12.2. The molecule has 0 saturated heterocycles. The number of benzene rings is 2. The largest absolute Gasteiger partial charge is 0.495 e. The Morgan fingerprint density at radius 3 is 2.76 bits per heavy atom. The predicted octanol–water partition coefficient (Wildman–Crippen LogP) is 5.31. The fourth-order valence-electron chi connectivity index (χ4n) is 2.14. The number of para-hydroxylation sites is 2. The SMILES string of the molecule is COc1ccccc1NC(=O)CSc1nc(-c2ccc(Br)cc2)cs1. The number of thiazole rings is 1. The molecule has 1 heterocycles. The van der Waals surface area contributed by atoms with Crippen LogP contribution in [0.3, 0.4) is 0 Å². The van der Waals surface area contributed by atoms with Crippen molar-refractivity contribution in [2.24, 2.45) is 0 Å². The first-order valence-electron chi connectivity index (χ1n) is 7.43. The van der Waals surface area contributed by atoms with Gasteiger partial charge in [-0.2, -0.15) is 0 Å². The van der Waals surface area contributed by atoms with Gasteiger partial charge in [0.05, 0.1) is 24.2 Å². The molecule has 7 heteroatoms. The average molecular weight is 435 g/mol. The average Bonchev–Trinajstić information content (AvgIpc) is 3.10. The predicted molar refractivity (Wildman–Crippen MR) is 108 cm³/mol. The zero-order valence-corrected chi connectivity index (χ0v) is 16.6. The zero-order chi connectivity index (χ0) is 17.6. The van der Waals surface area contributed by atoms with Crippen molar-refractivity contribution >= 4 is 50.6 Å². The molecule has 3 aromatic rings. The number of nitrogens with zero attached hydrogens (tertiary/aromatic N) is 1. The normalized spacial score (nSPS) is 10.5. The molecule has 2 aromatic carbocycles. The van der Waals surface area contributed by atoms with Crippen LogP contribution >= 0.6 is 39.0 Å². The molecule has 0 aliphatic carbocycles. The lowest BCUT2D eigenvalue weighted by Crippen LogP contribution is -2.14. The Morgan fingerprint density at radius 2 is 2.00 bits per heavy atom. The van der Waals surface area contributed by atoms with Gasteiger partial charge in [0.1, 0.15) is 5.75 Å². The van der Waals surface area contributed by atoms with Crippen molar-refractivity contribution in [1.82, 2.24) is 4.98 Å². The van der Waals surface area contributed by atoms with Crippen molar-refractivity contribution in [2.45, 2.75) is 4.34 Å². The number of hydrogen-bond donors (Lipinski definition) is 1. The molecule has 1 N–H and O–H groups in total. The number of halogens is 1. The summed E-state index contributed by atoms with van der Waals surface area (Å²) >= 11 is 6.39. The van der Waals surface area contributed by atoms with Gasteiger partial charge in [-0.15, -0.1) is 11.3 Å². The van der Waals surface area contributed by atoms with E-state index < -0.39 is 0 Å². The van der Waals surface area contributed by atoms with Gasteiger partial charge < -0.3 is 10.1 Å². The van der Waals surface area contributed by atoms with Crippen LogP contribution in [0.4, 0.5) is 5.69 Å². The summed E-state index contributed by atoms with van der Waals surface area (Å²) in [7, 11) is 1.58. The molecule has 0 unspecified atom stereocenters. The number of hydrogen-bond acceptors (Lipinski definition) is 5. The van der Waals surface area contributed by atoms with E-state index in [-0.39, 0.29) is 5.91 Å². The van der Waals surface area contributed by atoms with Crippen LogP contribution in [-0.2, 0) is 4.79 Å². The van der Waals surface area contributed by atoms with Crippen LogP contribution in [0.15, 0.2) is 62.7 Å². The molecule has 1 amide bonds. The van der Waals surface area contributed by atoms with Gasteiger partial charge in [-0.3, -0.25) is 4.79 Å².